The number of hydrogen-bond donors (Lipinski definition) is 2. The SMILES string of the molecule is N=c1oc2c(Br)cc(Br)cc2cc1-c1nc2ccccc2[nH]1. The van der Waals surface area contributed by atoms with Crippen LogP contribution in [0.1, 0.15) is 0 Å². The molecule has 0 saturated carbocycles. The number of rotatable bonds is 1. The van der Waals surface area contributed by atoms with E-state index in [9.17, 15) is 0 Å². The predicted octanol–water partition coefficient (Wildman–Crippen LogP) is 4.98. The molecule has 2 aromatic carbocycles. The highest BCUT2D eigenvalue weighted by Crippen LogP contribution is 2.29. The number of H-pyrrole nitrogens is 1. The molecule has 2 N–H and O–H groups in total. The second-order valence-corrected chi connectivity index (χ2v) is 6.67. The Morgan fingerprint density at radius 3 is 2.73 bits per heavy atom. The maximum absolute atomic E-state index is 8.15. The van der Waals surface area contributed by atoms with Crippen molar-refractivity contribution in [3.05, 3.63) is 57.0 Å². The van der Waals surface area contributed by atoms with Gasteiger partial charge in [0.15, 0.2) is 5.58 Å². The minimum absolute atomic E-state index is 0.0783. The molecule has 0 atom stereocenters. The molecule has 0 aliphatic rings. The van der Waals surface area contributed by atoms with E-state index < -0.39 is 0 Å². The van der Waals surface area contributed by atoms with Crippen LogP contribution in [0.2, 0.25) is 0 Å². The van der Waals surface area contributed by atoms with Crippen LogP contribution in [-0.2, 0) is 0 Å². The molecule has 0 spiro atoms. The van der Waals surface area contributed by atoms with Crippen LogP contribution in [0.25, 0.3) is 33.4 Å². The third-order valence-corrected chi connectivity index (χ3v) is 4.48. The number of imidazole rings is 1. The van der Waals surface area contributed by atoms with Gasteiger partial charge in [-0.15, -0.1) is 0 Å². The molecule has 0 unspecified atom stereocenters. The Bertz CT molecular complexity index is 1050. The number of nitrogens with one attached hydrogen (secondary N) is 2. The molecule has 0 aliphatic heterocycles. The molecule has 0 radical (unpaired) electrons. The number of benzene rings is 2. The Labute approximate surface area is 142 Å². The molecular weight excluding hydrogens is 410 g/mol. The second kappa shape index (κ2) is 5.07. The van der Waals surface area contributed by atoms with Crippen molar-refractivity contribution >= 4 is 53.9 Å². The van der Waals surface area contributed by atoms with Crippen molar-refractivity contribution in [2.45, 2.75) is 0 Å². The van der Waals surface area contributed by atoms with Crippen molar-refractivity contribution in [3.8, 4) is 11.4 Å². The lowest BCUT2D eigenvalue weighted by Gasteiger charge is -2.04. The molecule has 22 heavy (non-hydrogen) atoms. The highest BCUT2D eigenvalue weighted by molar-refractivity contribution is 9.11. The first-order chi connectivity index (χ1) is 10.6. The lowest BCUT2D eigenvalue weighted by molar-refractivity contribution is 0.534. The van der Waals surface area contributed by atoms with Gasteiger partial charge in [0.25, 0.3) is 0 Å². The first-order valence-corrected chi connectivity index (χ1v) is 8.13. The predicted molar refractivity (Wildman–Crippen MR) is 92.6 cm³/mol. The minimum atomic E-state index is 0.0783. The van der Waals surface area contributed by atoms with Crippen LogP contribution in [-0.4, -0.2) is 9.97 Å². The lowest BCUT2D eigenvalue weighted by Crippen LogP contribution is -2.04. The van der Waals surface area contributed by atoms with Crippen molar-refractivity contribution in [2.24, 2.45) is 0 Å². The molecule has 0 aliphatic carbocycles. The number of nitrogens with zero attached hydrogens (tertiary/aromatic N) is 1. The Balaban J connectivity index is 2.02. The number of aromatic nitrogens is 2. The summed E-state index contributed by atoms with van der Waals surface area (Å²) in [5.41, 5.74) is 3.16. The van der Waals surface area contributed by atoms with Gasteiger partial charge in [0.2, 0.25) is 5.55 Å². The van der Waals surface area contributed by atoms with E-state index in [0.29, 0.717) is 17.0 Å². The van der Waals surface area contributed by atoms with E-state index in [-0.39, 0.29) is 5.55 Å². The Kier molecular flexibility index (Phi) is 3.16. The van der Waals surface area contributed by atoms with E-state index in [2.05, 4.69) is 41.8 Å². The number of hydrogen-bond acceptors (Lipinski definition) is 3. The summed E-state index contributed by atoms with van der Waals surface area (Å²) in [6.45, 7) is 0. The molecule has 6 heteroatoms. The molecule has 0 saturated heterocycles. The first kappa shape index (κ1) is 13.7. The third kappa shape index (κ3) is 2.19. The first-order valence-electron chi connectivity index (χ1n) is 6.54. The third-order valence-electron chi connectivity index (χ3n) is 3.43. The average Bonchev–Trinajstić information content (AvgIpc) is 2.91. The molecule has 2 aromatic heterocycles. The van der Waals surface area contributed by atoms with Gasteiger partial charge in [0.1, 0.15) is 5.82 Å². The fourth-order valence-corrected chi connectivity index (χ4v) is 3.77. The van der Waals surface area contributed by atoms with E-state index in [1.54, 1.807) is 0 Å². The summed E-state index contributed by atoms with van der Waals surface area (Å²) < 4.78 is 7.42. The van der Waals surface area contributed by atoms with E-state index in [0.717, 1.165) is 25.4 Å². The van der Waals surface area contributed by atoms with Crippen molar-refractivity contribution < 1.29 is 4.42 Å². The highest BCUT2D eigenvalue weighted by Gasteiger charge is 2.12. The van der Waals surface area contributed by atoms with Gasteiger partial charge in [-0.2, -0.15) is 0 Å². The zero-order chi connectivity index (χ0) is 15.3. The number of fused-ring (bicyclic) bond motifs is 2. The maximum Gasteiger partial charge on any atom is 0.223 e. The smallest absolute Gasteiger partial charge is 0.223 e. The van der Waals surface area contributed by atoms with Crippen molar-refractivity contribution in [1.29, 1.82) is 5.41 Å². The maximum atomic E-state index is 8.15. The summed E-state index contributed by atoms with van der Waals surface area (Å²) in [5.74, 6) is 0.632. The van der Waals surface area contributed by atoms with Crippen LogP contribution < -0.4 is 5.55 Å². The van der Waals surface area contributed by atoms with Crippen molar-refractivity contribution in [1.82, 2.24) is 9.97 Å². The summed E-state index contributed by atoms with van der Waals surface area (Å²) in [6.07, 6.45) is 0. The normalized spacial score (nSPS) is 11.4. The average molecular weight is 419 g/mol. The fourth-order valence-electron chi connectivity index (χ4n) is 2.43. The van der Waals surface area contributed by atoms with Crippen LogP contribution in [0.15, 0.2) is 55.8 Å². The zero-order valence-electron chi connectivity index (χ0n) is 11.2. The highest BCUT2D eigenvalue weighted by atomic mass is 79.9. The van der Waals surface area contributed by atoms with Crippen LogP contribution in [0.3, 0.4) is 0 Å². The van der Waals surface area contributed by atoms with Crippen LogP contribution in [0.4, 0.5) is 0 Å². The van der Waals surface area contributed by atoms with E-state index in [1.165, 1.54) is 0 Å². The van der Waals surface area contributed by atoms with Crippen molar-refractivity contribution in [2.75, 3.05) is 0 Å². The van der Waals surface area contributed by atoms with Crippen molar-refractivity contribution in [3.63, 3.8) is 0 Å². The van der Waals surface area contributed by atoms with Crippen LogP contribution in [0.5, 0.6) is 0 Å². The molecule has 4 nitrogen and oxygen atoms in total. The van der Waals surface area contributed by atoms with Gasteiger partial charge < -0.3 is 9.40 Å². The second-order valence-electron chi connectivity index (χ2n) is 4.90. The summed E-state index contributed by atoms with van der Waals surface area (Å²) in [6, 6.07) is 13.5. The standard InChI is InChI=1S/C16H9Br2N3O/c17-9-5-8-6-10(15(19)22-14(8)11(18)7-9)16-20-12-3-1-2-4-13(12)21-16/h1-7,19H,(H,20,21). The van der Waals surface area contributed by atoms with Gasteiger partial charge in [-0.3, -0.25) is 5.41 Å². The Morgan fingerprint density at radius 1 is 1.09 bits per heavy atom. The molecule has 108 valence electrons. The minimum Gasteiger partial charge on any atom is -0.437 e. The molecular formula is C16H9Br2N3O. The van der Waals surface area contributed by atoms with Gasteiger partial charge in [-0.1, -0.05) is 28.1 Å². The molecule has 4 aromatic rings. The largest absolute Gasteiger partial charge is 0.437 e. The number of halogens is 2. The van der Waals surface area contributed by atoms with Gasteiger partial charge in [-0.05, 0) is 46.3 Å². The molecule has 0 bridgehead atoms. The van der Waals surface area contributed by atoms with E-state index in [4.69, 9.17) is 9.83 Å². The van der Waals surface area contributed by atoms with E-state index in [1.807, 2.05) is 42.5 Å². The summed E-state index contributed by atoms with van der Waals surface area (Å²) >= 11 is 6.93. The molecule has 0 amide bonds. The quantitative estimate of drug-likeness (QED) is 0.457. The Morgan fingerprint density at radius 2 is 1.91 bits per heavy atom. The molecule has 2 heterocycles. The lowest BCUT2D eigenvalue weighted by atomic mass is 10.2. The van der Waals surface area contributed by atoms with Gasteiger partial charge >= 0.3 is 0 Å². The molecule has 4 rings (SSSR count). The summed E-state index contributed by atoms with van der Waals surface area (Å²) in [5, 5.41) is 9.05. The van der Waals surface area contributed by atoms with Crippen LogP contribution >= 0.6 is 31.9 Å². The summed E-state index contributed by atoms with van der Waals surface area (Å²) in [7, 11) is 0. The zero-order valence-corrected chi connectivity index (χ0v) is 14.3. The number of aromatic amines is 1. The molecule has 0 fully saturated rings. The van der Waals surface area contributed by atoms with Gasteiger partial charge in [-0.25, -0.2) is 4.98 Å². The van der Waals surface area contributed by atoms with Gasteiger partial charge in [0, 0.05) is 9.86 Å². The monoisotopic (exact) mass is 417 g/mol. The fraction of sp³-hybridized carbons (Fsp3) is 0. The summed E-state index contributed by atoms with van der Waals surface area (Å²) in [4.78, 5) is 7.77. The van der Waals surface area contributed by atoms with E-state index >= 15 is 0 Å². The van der Waals surface area contributed by atoms with Gasteiger partial charge in [0.05, 0.1) is 21.1 Å². The Hall–Kier alpha value is -1.92. The topological polar surface area (TPSA) is 65.7 Å². The van der Waals surface area contributed by atoms with Crippen LogP contribution in [0, 0.1) is 5.41 Å². The number of para-hydroxylation sites is 2.